The number of benzene rings is 2. The van der Waals surface area contributed by atoms with E-state index in [0.717, 1.165) is 26.2 Å². The van der Waals surface area contributed by atoms with Crippen molar-refractivity contribution < 1.29 is 13.2 Å². The minimum absolute atomic E-state index is 0.280. The van der Waals surface area contributed by atoms with Gasteiger partial charge in [-0.25, -0.2) is 8.42 Å². The third kappa shape index (κ3) is 5.07. The number of nitrogens with one attached hydrogen (secondary N) is 1. The molecule has 0 aliphatic heterocycles. The lowest BCUT2D eigenvalue weighted by Crippen LogP contribution is -2.37. The van der Waals surface area contributed by atoms with Crippen molar-refractivity contribution in [3.63, 3.8) is 0 Å². The van der Waals surface area contributed by atoms with E-state index in [1.807, 2.05) is 19.9 Å². The number of sulfonamides is 1. The van der Waals surface area contributed by atoms with E-state index < -0.39 is 15.9 Å². The molecule has 2 aromatic rings. The molecule has 0 aromatic heterocycles. The van der Waals surface area contributed by atoms with Crippen LogP contribution in [0.25, 0.3) is 0 Å². The van der Waals surface area contributed by atoms with E-state index in [4.69, 9.17) is 0 Å². The number of hydrogen-bond donors (Lipinski definition) is 1. The van der Waals surface area contributed by atoms with Crippen LogP contribution in [0.3, 0.4) is 0 Å². The smallest absolute Gasteiger partial charge is 0.245 e. The Kier molecular flexibility index (Phi) is 5.66. The van der Waals surface area contributed by atoms with E-state index in [-0.39, 0.29) is 6.54 Å². The van der Waals surface area contributed by atoms with Crippen molar-refractivity contribution in [2.75, 3.05) is 22.4 Å². The summed E-state index contributed by atoms with van der Waals surface area (Å²) in [7, 11) is -3.58. The van der Waals surface area contributed by atoms with E-state index in [1.165, 1.54) is 0 Å². The number of hydrogen-bond acceptors (Lipinski definition) is 3. The van der Waals surface area contributed by atoms with Gasteiger partial charge >= 0.3 is 0 Å². The summed E-state index contributed by atoms with van der Waals surface area (Å²) in [5, 5.41) is 2.70. The zero-order valence-corrected chi connectivity index (χ0v) is 16.1. The van der Waals surface area contributed by atoms with Crippen molar-refractivity contribution in [3.8, 4) is 0 Å². The van der Waals surface area contributed by atoms with Gasteiger partial charge in [0, 0.05) is 10.2 Å². The second kappa shape index (κ2) is 7.36. The molecule has 0 heterocycles. The number of aryl methyl sites for hydroxylation is 2. The lowest BCUT2D eigenvalue weighted by Gasteiger charge is -2.22. The molecule has 5 nitrogen and oxygen atoms in total. The van der Waals surface area contributed by atoms with Gasteiger partial charge in [-0.2, -0.15) is 0 Å². The lowest BCUT2D eigenvalue weighted by molar-refractivity contribution is -0.114. The number of anilines is 2. The summed E-state index contributed by atoms with van der Waals surface area (Å²) in [6.45, 7) is 3.50. The molecule has 1 amide bonds. The van der Waals surface area contributed by atoms with Crippen LogP contribution in [0.5, 0.6) is 0 Å². The first-order valence-electron chi connectivity index (χ1n) is 7.26. The van der Waals surface area contributed by atoms with Crippen molar-refractivity contribution in [2.24, 2.45) is 0 Å². The minimum Gasteiger partial charge on any atom is -0.325 e. The number of carbonyl (C=O) groups is 1. The van der Waals surface area contributed by atoms with Crippen molar-refractivity contribution in [1.82, 2.24) is 0 Å². The molecule has 0 bridgehead atoms. The Morgan fingerprint density at radius 2 is 1.62 bits per heavy atom. The molecule has 0 fully saturated rings. The molecule has 128 valence electrons. The Morgan fingerprint density at radius 3 is 2.12 bits per heavy atom. The average molecular weight is 411 g/mol. The Labute approximate surface area is 150 Å². The van der Waals surface area contributed by atoms with Gasteiger partial charge in [-0.1, -0.05) is 22.0 Å². The Bertz CT molecular complexity index is 828. The monoisotopic (exact) mass is 410 g/mol. The van der Waals surface area contributed by atoms with Crippen LogP contribution in [0.15, 0.2) is 46.9 Å². The molecule has 0 unspecified atom stereocenters. The Morgan fingerprint density at radius 1 is 1.08 bits per heavy atom. The zero-order chi connectivity index (χ0) is 17.9. The molecule has 0 radical (unpaired) electrons. The molecule has 0 saturated heterocycles. The van der Waals surface area contributed by atoms with Crippen molar-refractivity contribution in [2.45, 2.75) is 13.8 Å². The van der Waals surface area contributed by atoms with Gasteiger partial charge in [0.1, 0.15) is 6.54 Å². The molecule has 0 saturated carbocycles. The van der Waals surface area contributed by atoms with Crippen LogP contribution in [-0.4, -0.2) is 27.1 Å². The first-order chi connectivity index (χ1) is 11.1. The van der Waals surface area contributed by atoms with Gasteiger partial charge in [0.15, 0.2) is 0 Å². The first kappa shape index (κ1) is 18.5. The summed E-state index contributed by atoms with van der Waals surface area (Å²) >= 11 is 3.32. The first-order valence-corrected chi connectivity index (χ1v) is 9.91. The fraction of sp³-hybridized carbons (Fsp3) is 0.235. The van der Waals surface area contributed by atoms with Crippen molar-refractivity contribution >= 4 is 43.2 Å². The van der Waals surface area contributed by atoms with Crippen LogP contribution in [0.2, 0.25) is 0 Å². The highest BCUT2D eigenvalue weighted by molar-refractivity contribution is 9.10. The van der Waals surface area contributed by atoms with Gasteiger partial charge in [0.2, 0.25) is 15.9 Å². The summed E-state index contributed by atoms with van der Waals surface area (Å²) in [5.41, 5.74) is 2.97. The van der Waals surface area contributed by atoms with E-state index in [9.17, 15) is 13.2 Å². The second-order valence-corrected chi connectivity index (χ2v) is 8.49. The van der Waals surface area contributed by atoms with Crippen LogP contribution in [0.4, 0.5) is 11.4 Å². The number of amides is 1. The van der Waals surface area contributed by atoms with E-state index in [0.29, 0.717) is 11.4 Å². The predicted molar refractivity (Wildman–Crippen MR) is 101 cm³/mol. The molecule has 7 heteroatoms. The molecular formula is C17H19BrN2O3S. The van der Waals surface area contributed by atoms with Gasteiger partial charge in [0.05, 0.1) is 11.9 Å². The van der Waals surface area contributed by atoms with Crippen LogP contribution in [0.1, 0.15) is 11.1 Å². The van der Waals surface area contributed by atoms with E-state index in [2.05, 4.69) is 21.2 Å². The second-order valence-electron chi connectivity index (χ2n) is 5.67. The summed E-state index contributed by atoms with van der Waals surface area (Å²) < 4.78 is 26.3. The summed E-state index contributed by atoms with van der Waals surface area (Å²) in [6.07, 6.45) is 1.09. The molecule has 0 atom stereocenters. The third-order valence-electron chi connectivity index (χ3n) is 3.31. The summed E-state index contributed by atoms with van der Waals surface area (Å²) in [4.78, 5) is 12.3. The quantitative estimate of drug-likeness (QED) is 0.820. The largest absolute Gasteiger partial charge is 0.325 e. The van der Waals surface area contributed by atoms with E-state index >= 15 is 0 Å². The number of nitrogens with zero attached hydrogens (tertiary/aromatic N) is 1. The SMILES string of the molecule is Cc1cc(C)cc(N(CC(=O)Nc2ccc(Br)cc2)S(C)(=O)=O)c1. The maximum Gasteiger partial charge on any atom is 0.245 e. The van der Waals surface area contributed by atoms with Gasteiger partial charge in [-0.05, 0) is 61.4 Å². The number of halogens is 1. The molecular weight excluding hydrogens is 392 g/mol. The van der Waals surface area contributed by atoms with Gasteiger partial charge in [-0.3, -0.25) is 9.10 Å². The van der Waals surface area contributed by atoms with Gasteiger partial charge in [-0.15, -0.1) is 0 Å². The number of rotatable bonds is 5. The van der Waals surface area contributed by atoms with Crippen LogP contribution in [0, 0.1) is 13.8 Å². The normalized spacial score (nSPS) is 11.2. The fourth-order valence-electron chi connectivity index (χ4n) is 2.36. The third-order valence-corrected chi connectivity index (χ3v) is 4.98. The molecule has 1 N–H and O–H groups in total. The van der Waals surface area contributed by atoms with Crippen molar-refractivity contribution in [3.05, 3.63) is 58.1 Å². The fourth-order valence-corrected chi connectivity index (χ4v) is 3.46. The summed E-state index contributed by atoms with van der Waals surface area (Å²) in [6, 6.07) is 12.5. The predicted octanol–water partition coefficient (Wildman–Crippen LogP) is 3.47. The number of carbonyl (C=O) groups excluding carboxylic acids is 1. The zero-order valence-electron chi connectivity index (χ0n) is 13.7. The topological polar surface area (TPSA) is 66.5 Å². The van der Waals surface area contributed by atoms with Crippen LogP contribution >= 0.6 is 15.9 Å². The highest BCUT2D eigenvalue weighted by Gasteiger charge is 2.21. The summed E-state index contributed by atoms with van der Waals surface area (Å²) in [5.74, 6) is -0.401. The maximum atomic E-state index is 12.3. The Hall–Kier alpha value is -1.86. The van der Waals surface area contributed by atoms with Crippen LogP contribution in [-0.2, 0) is 14.8 Å². The van der Waals surface area contributed by atoms with Gasteiger partial charge < -0.3 is 5.32 Å². The molecule has 0 spiro atoms. The minimum atomic E-state index is -3.58. The molecule has 0 aliphatic rings. The van der Waals surface area contributed by atoms with Gasteiger partial charge in [0.25, 0.3) is 0 Å². The molecule has 2 rings (SSSR count). The standard InChI is InChI=1S/C17H19BrN2O3S/c1-12-8-13(2)10-16(9-12)20(24(3,22)23)11-17(21)19-15-6-4-14(18)5-7-15/h4-10H,11H2,1-3H3,(H,19,21). The molecule has 24 heavy (non-hydrogen) atoms. The van der Waals surface area contributed by atoms with Crippen molar-refractivity contribution in [1.29, 1.82) is 0 Å². The Balaban J connectivity index is 2.23. The highest BCUT2D eigenvalue weighted by atomic mass is 79.9. The maximum absolute atomic E-state index is 12.3. The lowest BCUT2D eigenvalue weighted by atomic mass is 10.1. The molecule has 0 aliphatic carbocycles. The van der Waals surface area contributed by atoms with E-state index in [1.54, 1.807) is 36.4 Å². The molecule has 2 aromatic carbocycles. The highest BCUT2D eigenvalue weighted by Crippen LogP contribution is 2.21. The average Bonchev–Trinajstić information content (AvgIpc) is 2.45. The van der Waals surface area contributed by atoms with Crippen LogP contribution < -0.4 is 9.62 Å².